The topological polar surface area (TPSA) is 53.3 Å². The smallest absolute Gasteiger partial charge is 0.0926 e. The summed E-state index contributed by atoms with van der Waals surface area (Å²) in [5.74, 6) is 3.25. The molecule has 2 N–H and O–H groups in total. The van der Waals surface area contributed by atoms with Gasteiger partial charge in [0.15, 0.2) is 0 Å². The van der Waals surface area contributed by atoms with Crippen LogP contribution < -0.4 is 0 Å². The summed E-state index contributed by atoms with van der Waals surface area (Å²) in [6.45, 7) is 26.4. The maximum atomic E-state index is 7.18. The van der Waals surface area contributed by atoms with Gasteiger partial charge in [-0.3, -0.25) is 0 Å². The second-order valence-corrected chi connectivity index (χ2v) is 12.2. The maximum Gasteiger partial charge on any atom is 0.0926 e. The Morgan fingerprint density at radius 2 is 1.48 bits per heavy atom. The van der Waals surface area contributed by atoms with E-state index in [1.54, 1.807) is 0 Å². The number of allylic oxidation sites excluding steroid dienone is 8. The molecular weight excluding hydrogens is 490 g/mol. The molecule has 0 heterocycles. The monoisotopic (exact) mass is 553 g/mol. The Kier molecular flexibility index (Phi) is 23.2. The van der Waals surface area contributed by atoms with Crippen molar-refractivity contribution in [2.75, 3.05) is 7.11 Å². The average Bonchev–Trinajstić information content (AvgIpc) is 2.85. The molecule has 0 bridgehead atoms. The van der Waals surface area contributed by atoms with Crippen LogP contribution in [0.4, 0.5) is 0 Å². The van der Waals surface area contributed by atoms with Crippen LogP contribution >= 0.6 is 0 Å². The lowest BCUT2D eigenvalue weighted by Gasteiger charge is -2.16. The average molecular weight is 554 g/mol. The molecule has 0 amide bonds. The molecule has 3 heteroatoms. The highest BCUT2D eigenvalue weighted by Gasteiger charge is 2.05. The van der Waals surface area contributed by atoms with E-state index >= 15 is 0 Å². The first-order valence-electron chi connectivity index (χ1n) is 15.2. The molecule has 1 aromatic carbocycles. The third-order valence-corrected chi connectivity index (χ3v) is 6.27. The lowest BCUT2D eigenvalue weighted by molar-refractivity contribution is 0.133. The summed E-state index contributed by atoms with van der Waals surface area (Å²) in [5.41, 5.74) is 8.11. The first-order chi connectivity index (χ1) is 18.8. The number of ether oxygens (including phenoxy) is 1. The van der Waals surface area contributed by atoms with Gasteiger partial charge >= 0.3 is 0 Å². The Balaban J connectivity index is 0. The lowest BCUT2D eigenvalue weighted by Crippen LogP contribution is -2.05. The third kappa shape index (κ3) is 20.5. The lowest BCUT2D eigenvalue weighted by atomic mass is 9.96. The van der Waals surface area contributed by atoms with Crippen LogP contribution in [0.1, 0.15) is 110 Å². The van der Waals surface area contributed by atoms with Gasteiger partial charge in [0.05, 0.1) is 11.9 Å². The van der Waals surface area contributed by atoms with Crippen LogP contribution in [0.15, 0.2) is 59.4 Å². The van der Waals surface area contributed by atoms with Gasteiger partial charge in [-0.05, 0) is 125 Å². The summed E-state index contributed by atoms with van der Waals surface area (Å²) in [7, 11) is 1.00. The molecule has 0 saturated heterocycles. The summed E-state index contributed by atoms with van der Waals surface area (Å²) >= 11 is 0. The van der Waals surface area contributed by atoms with Gasteiger partial charge in [-0.2, -0.15) is 0 Å². The quantitative estimate of drug-likeness (QED) is 0.137. The van der Waals surface area contributed by atoms with E-state index in [2.05, 4.69) is 120 Å². The standard InChI is InChI=1S/C22H31N.C14H28O.CH4O/c1-16(2)13-21(11-8-12-23)18(4)9-7-10-22-15-17(3)14-19(5)20(22)6;1-11(2)8-7-9-14(10-12(3)4)15-13(5)6;1-2/h7-9,11-12,14-16,23H,10,13H2,1-6H3;9,11-13H,7-8,10H2,1-6H3;2H,1H3/b9-7-,11-8-,21-18-,23-12?;14-9-;. The summed E-state index contributed by atoms with van der Waals surface area (Å²) in [4.78, 5) is 0. The molecule has 1 aromatic rings. The molecule has 0 atom stereocenters. The minimum Gasteiger partial charge on any atom is -0.496 e. The molecule has 0 unspecified atom stereocenters. The van der Waals surface area contributed by atoms with E-state index < -0.39 is 0 Å². The molecule has 40 heavy (non-hydrogen) atoms. The summed E-state index contributed by atoms with van der Waals surface area (Å²) in [6.07, 6.45) is 17.8. The molecule has 0 fully saturated rings. The van der Waals surface area contributed by atoms with Gasteiger partial charge in [0.25, 0.3) is 0 Å². The minimum atomic E-state index is 0.300. The molecule has 228 valence electrons. The zero-order valence-electron chi connectivity index (χ0n) is 28.3. The zero-order valence-corrected chi connectivity index (χ0v) is 28.3. The van der Waals surface area contributed by atoms with E-state index in [1.807, 2.05) is 6.08 Å². The van der Waals surface area contributed by atoms with Crippen LogP contribution in [0.2, 0.25) is 0 Å². The van der Waals surface area contributed by atoms with Gasteiger partial charge in [0.1, 0.15) is 0 Å². The van der Waals surface area contributed by atoms with Crippen LogP contribution in [-0.4, -0.2) is 24.5 Å². The number of hydrogen-bond donors (Lipinski definition) is 2. The maximum absolute atomic E-state index is 7.18. The van der Waals surface area contributed by atoms with Crippen molar-refractivity contribution in [1.29, 1.82) is 5.41 Å². The Morgan fingerprint density at radius 1 is 0.875 bits per heavy atom. The summed E-state index contributed by atoms with van der Waals surface area (Å²) in [6, 6.07) is 4.53. The molecule has 3 nitrogen and oxygen atoms in total. The molecule has 0 aliphatic heterocycles. The third-order valence-electron chi connectivity index (χ3n) is 6.27. The number of aliphatic hydroxyl groups excluding tert-OH is 1. The number of benzene rings is 1. The van der Waals surface area contributed by atoms with E-state index in [9.17, 15) is 0 Å². The molecule has 0 aliphatic carbocycles. The van der Waals surface area contributed by atoms with Crippen molar-refractivity contribution in [3.05, 3.63) is 81.7 Å². The van der Waals surface area contributed by atoms with Crippen LogP contribution in [0.3, 0.4) is 0 Å². The highest BCUT2D eigenvalue weighted by Crippen LogP contribution is 2.20. The SMILES string of the molecule is CC(/C=C\Cc1cc(C)cc(C)c1C)=C(\C=C/C=N)CC(C)C.CC(C)CC/C=C(/CC(C)C)OC(C)C.CO. The van der Waals surface area contributed by atoms with Crippen molar-refractivity contribution in [2.45, 2.75) is 121 Å². The van der Waals surface area contributed by atoms with Crippen molar-refractivity contribution in [3.63, 3.8) is 0 Å². The van der Waals surface area contributed by atoms with Gasteiger partial charge in [-0.15, -0.1) is 0 Å². The number of nitrogens with one attached hydrogen (secondary N) is 1. The van der Waals surface area contributed by atoms with Crippen molar-refractivity contribution in [1.82, 2.24) is 0 Å². The first-order valence-corrected chi connectivity index (χ1v) is 15.2. The van der Waals surface area contributed by atoms with Crippen LogP contribution in [0.5, 0.6) is 0 Å². The van der Waals surface area contributed by atoms with E-state index in [4.69, 9.17) is 15.3 Å². The minimum absolute atomic E-state index is 0.300. The normalized spacial score (nSPS) is 12.6. The highest BCUT2D eigenvalue weighted by molar-refractivity contribution is 5.68. The summed E-state index contributed by atoms with van der Waals surface area (Å²) < 4.78 is 5.80. The zero-order chi connectivity index (χ0) is 31.3. The van der Waals surface area contributed by atoms with Gasteiger partial charge in [-0.1, -0.05) is 77.5 Å². The van der Waals surface area contributed by atoms with E-state index in [0.717, 1.165) is 38.7 Å². The van der Waals surface area contributed by atoms with Crippen LogP contribution in [0, 0.1) is 43.9 Å². The van der Waals surface area contributed by atoms with Gasteiger partial charge in [0.2, 0.25) is 0 Å². The fraction of sp³-hybridized carbons (Fsp3) is 0.595. The van der Waals surface area contributed by atoms with E-state index in [0.29, 0.717) is 17.9 Å². The number of aliphatic hydroxyl groups is 1. The summed E-state index contributed by atoms with van der Waals surface area (Å²) in [5, 5.41) is 14.2. The van der Waals surface area contributed by atoms with Gasteiger partial charge < -0.3 is 15.3 Å². The molecule has 0 radical (unpaired) electrons. The molecule has 0 aromatic heterocycles. The molecule has 0 aliphatic rings. The van der Waals surface area contributed by atoms with E-state index in [1.165, 1.54) is 51.8 Å². The van der Waals surface area contributed by atoms with E-state index in [-0.39, 0.29) is 0 Å². The first kappa shape index (κ1) is 39.8. The molecule has 1 rings (SSSR count). The van der Waals surface area contributed by atoms with Gasteiger partial charge in [-0.25, -0.2) is 0 Å². The van der Waals surface area contributed by atoms with Crippen molar-refractivity contribution >= 4 is 6.21 Å². The van der Waals surface area contributed by atoms with Crippen molar-refractivity contribution in [2.24, 2.45) is 17.8 Å². The van der Waals surface area contributed by atoms with Crippen LogP contribution in [-0.2, 0) is 11.2 Å². The second-order valence-electron chi connectivity index (χ2n) is 12.2. The predicted molar refractivity (Wildman–Crippen MR) is 180 cm³/mol. The Hall–Kier alpha value is -2.39. The Morgan fingerprint density at radius 3 is 1.98 bits per heavy atom. The largest absolute Gasteiger partial charge is 0.496 e. The fourth-order valence-corrected chi connectivity index (χ4v) is 4.24. The number of rotatable bonds is 14. The van der Waals surface area contributed by atoms with Crippen molar-refractivity contribution < 1.29 is 9.84 Å². The Labute approximate surface area is 249 Å². The van der Waals surface area contributed by atoms with Gasteiger partial charge in [0, 0.05) is 19.7 Å². The van der Waals surface area contributed by atoms with Crippen molar-refractivity contribution in [3.8, 4) is 0 Å². The number of hydrogen-bond acceptors (Lipinski definition) is 3. The molecule has 0 saturated carbocycles. The second kappa shape index (κ2) is 23.3. The molecule has 0 spiro atoms. The Bertz CT molecular complexity index is 931. The fourth-order valence-electron chi connectivity index (χ4n) is 4.24. The van der Waals surface area contributed by atoms with Crippen LogP contribution in [0.25, 0.3) is 0 Å². The highest BCUT2D eigenvalue weighted by atomic mass is 16.5. The predicted octanol–water partition coefficient (Wildman–Crippen LogP) is 10.7. The molecular formula is C37H63NO2. The number of aryl methyl sites for hydroxylation is 2.